The van der Waals surface area contributed by atoms with Gasteiger partial charge in [-0.2, -0.15) is 0 Å². The van der Waals surface area contributed by atoms with E-state index in [1.165, 1.54) is 6.42 Å². The van der Waals surface area contributed by atoms with E-state index in [0.29, 0.717) is 11.0 Å². The Morgan fingerprint density at radius 2 is 2.06 bits per heavy atom. The van der Waals surface area contributed by atoms with Gasteiger partial charge in [0.1, 0.15) is 0 Å². The summed E-state index contributed by atoms with van der Waals surface area (Å²) in [5.41, 5.74) is 5.47. The molecule has 0 radical (unpaired) electrons. The Kier molecular flexibility index (Phi) is 9.88. The van der Waals surface area contributed by atoms with Gasteiger partial charge in [0.25, 0.3) is 0 Å². The van der Waals surface area contributed by atoms with Crippen LogP contribution < -0.4 is 5.73 Å². The molecular weight excluding hydrogens is 220 g/mol. The highest BCUT2D eigenvalue weighted by Gasteiger charge is 2.10. The van der Waals surface area contributed by atoms with Gasteiger partial charge in [-0.05, 0) is 39.2 Å². The van der Waals surface area contributed by atoms with E-state index in [1.54, 1.807) is 7.11 Å². The average Bonchev–Trinajstić information content (AvgIpc) is 2.26. The fraction of sp³-hybridized carbons (Fsp3) is 0.917. The molecule has 0 aromatic rings. The van der Waals surface area contributed by atoms with Crippen molar-refractivity contribution in [1.29, 1.82) is 0 Å². The molecule has 1 atom stereocenters. The third kappa shape index (κ3) is 8.02. The lowest BCUT2D eigenvalue weighted by Crippen LogP contribution is -2.36. The minimum atomic E-state index is 0.625. The first-order valence-corrected chi connectivity index (χ1v) is 6.53. The second-order valence-electron chi connectivity index (χ2n) is 4.21. The van der Waals surface area contributed by atoms with Crippen molar-refractivity contribution < 1.29 is 4.74 Å². The average molecular weight is 246 g/mol. The van der Waals surface area contributed by atoms with Crippen molar-refractivity contribution in [2.75, 3.05) is 26.8 Å². The molecule has 16 heavy (non-hydrogen) atoms. The van der Waals surface area contributed by atoms with Crippen LogP contribution in [0, 0.1) is 0 Å². The van der Waals surface area contributed by atoms with Crippen molar-refractivity contribution in [3.8, 4) is 0 Å². The maximum Gasteiger partial charge on any atom is 0.0727 e. The first-order chi connectivity index (χ1) is 7.61. The van der Waals surface area contributed by atoms with Crippen molar-refractivity contribution in [2.45, 2.75) is 45.6 Å². The zero-order valence-corrected chi connectivity index (χ0v) is 11.7. The highest BCUT2D eigenvalue weighted by molar-refractivity contribution is 7.80. The highest BCUT2D eigenvalue weighted by atomic mass is 32.1. The molecular formula is C12H26N2OS. The smallest absolute Gasteiger partial charge is 0.0727 e. The van der Waals surface area contributed by atoms with Gasteiger partial charge >= 0.3 is 0 Å². The number of rotatable bonds is 10. The van der Waals surface area contributed by atoms with Crippen molar-refractivity contribution in [1.82, 2.24) is 4.90 Å². The molecule has 0 aromatic heterocycles. The molecule has 0 saturated carbocycles. The van der Waals surface area contributed by atoms with Gasteiger partial charge in [-0.3, -0.25) is 4.90 Å². The monoisotopic (exact) mass is 246 g/mol. The van der Waals surface area contributed by atoms with E-state index in [-0.39, 0.29) is 0 Å². The van der Waals surface area contributed by atoms with Crippen LogP contribution in [0.3, 0.4) is 0 Å². The number of nitrogens with zero attached hydrogens (tertiary/aromatic N) is 1. The Bertz CT molecular complexity index is 188. The van der Waals surface area contributed by atoms with Crippen LogP contribution in [0.25, 0.3) is 0 Å². The topological polar surface area (TPSA) is 38.5 Å². The molecule has 4 heteroatoms. The van der Waals surface area contributed by atoms with Gasteiger partial charge in [0.15, 0.2) is 0 Å². The maximum absolute atomic E-state index is 5.47. The van der Waals surface area contributed by atoms with Crippen LogP contribution in [0.2, 0.25) is 0 Å². The summed E-state index contributed by atoms with van der Waals surface area (Å²) in [5.74, 6) is 0. The molecule has 0 bridgehead atoms. The molecule has 0 heterocycles. The largest absolute Gasteiger partial charge is 0.393 e. The Labute approximate surface area is 105 Å². The maximum atomic E-state index is 5.47. The molecule has 0 rings (SSSR count). The van der Waals surface area contributed by atoms with Gasteiger partial charge in [0.05, 0.1) is 11.6 Å². The molecule has 0 aliphatic rings. The quantitative estimate of drug-likeness (QED) is 0.474. The van der Waals surface area contributed by atoms with Crippen molar-refractivity contribution >= 4 is 17.2 Å². The summed E-state index contributed by atoms with van der Waals surface area (Å²) in [4.78, 5) is 3.11. The number of thiocarbonyl (C=S) groups is 1. The van der Waals surface area contributed by atoms with Gasteiger partial charge in [0.2, 0.25) is 0 Å². The van der Waals surface area contributed by atoms with Crippen LogP contribution in [-0.4, -0.2) is 42.7 Å². The number of methoxy groups -OCH3 is 1. The molecule has 0 amide bonds. The predicted octanol–water partition coefficient (Wildman–Crippen LogP) is 2.19. The van der Waals surface area contributed by atoms with Crippen molar-refractivity contribution in [2.24, 2.45) is 5.73 Å². The van der Waals surface area contributed by atoms with E-state index in [9.17, 15) is 0 Å². The molecule has 96 valence electrons. The number of hydrogen-bond donors (Lipinski definition) is 1. The second-order valence-corrected chi connectivity index (χ2v) is 4.73. The number of hydrogen-bond acceptors (Lipinski definition) is 3. The van der Waals surface area contributed by atoms with Gasteiger partial charge in [0, 0.05) is 19.7 Å². The summed E-state index contributed by atoms with van der Waals surface area (Å²) in [7, 11) is 1.75. The Balaban J connectivity index is 3.77. The molecule has 0 aromatic carbocycles. The Hall–Kier alpha value is -0.190. The number of unbranched alkanes of at least 4 members (excludes halogenated alkanes) is 1. The van der Waals surface area contributed by atoms with Gasteiger partial charge < -0.3 is 10.5 Å². The lowest BCUT2D eigenvalue weighted by molar-refractivity contribution is 0.121. The fourth-order valence-corrected chi connectivity index (χ4v) is 1.78. The predicted molar refractivity (Wildman–Crippen MR) is 73.8 cm³/mol. The van der Waals surface area contributed by atoms with E-state index in [1.807, 2.05) is 0 Å². The molecule has 3 nitrogen and oxygen atoms in total. The van der Waals surface area contributed by atoms with Crippen LogP contribution in [0.4, 0.5) is 0 Å². The lowest BCUT2D eigenvalue weighted by Gasteiger charge is -2.28. The highest BCUT2D eigenvalue weighted by Crippen LogP contribution is 2.06. The molecule has 0 aliphatic carbocycles. The standard InChI is InChI=1S/C12H26N2OS/c1-4-11(2)14(9-10-15-3)8-6-5-7-12(13)16/h11H,4-10H2,1-3H3,(H2,13,16). The van der Waals surface area contributed by atoms with Crippen molar-refractivity contribution in [3.05, 3.63) is 0 Å². The minimum Gasteiger partial charge on any atom is -0.393 e. The van der Waals surface area contributed by atoms with E-state index in [4.69, 9.17) is 22.7 Å². The Morgan fingerprint density at radius 1 is 1.38 bits per heavy atom. The second kappa shape index (κ2) is 10.00. The van der Waals surface area contributed by atoms with Crippen LogP contribution >= 0.6 is 12.2 Å². The van der Waals surface area contributed by atoms with Gasteiger partial charge in [-0.25, -0.2) is 0 Å². The number of nitrogens with two attached hydrogens (primary N) is 1. The molecule has 0 spiro atoms. The minimum absolute atomic E-state index is 0.625. The lowest BCUT2D eigenvalue weighted by atomic mass is 10.1. The van der Waals surface area contributed by atoms with Crippen molar-refractivity contribution in [3.63, 3.8) is 0 Å². The summed E-state index contributed by atoms with van der Waals surface area (Å²) in [6.07, 6.45) is 4.30. The Morgan fingerprint density at radius 3 is 2.56 bits per heavy atom. The van der Waals surface area contributed by atoms with E-state index < -0.39 is 0 Å². The van der Waals surface area contributed by atoms with E-state index in [2.05, 4.69) is 18.7 Å². The zero-order valence-electron chi connectivity index (χ0n) is 10.9. The van der Waals surface area contributed by atoms with E-state index in [0.717, 1.165) is 39.0 Å². The summed E-state index contributed by atoms with van der Waals surface area (Å²) in [6, 6.07) is 0.625. The van der Waals surface area contributed by atoms with Crippen LogP contribution in [-0.2, 0) is 4.74 Å². The first-order valence-electron chi connectivity index (χ1n) is 6.13. The van der Waals surface area contributed by atoms with Crippen LogP contribution in [0.5, 0.6) is 0 Å². The summed E-state index contributed by atoms with van der Waals surface area (Å²) in [5, 5.41) is 0. The van der Waals surface area contributed by atoms with E-state index >= 15 is 0 Å². The molecule has 1 unspecified atom stereocenters. The summed E-state index contributed by atoms with van der Waals surface area (Å²) < 4.78 is 5.13. The van der Waals surface area contributed by atoms with Gasteiger partial charge in [-0.15, -0.1) is 0 Å². The van der Waals surface area contributed by atoms with Gasteiger partial charge in [-0.1, -0.05) is 19.1 Å². The fourth-order valence-electron chi connectivity index (χ4n) is 1.63. The normalized spacial score (nSPS) is 13.0. The zero-order chi connectivity index (χ0) is 12.4. The molecule has 2 N–H and O–H groups in total. The first kappa shape index (κ1) is 15.8. The third-order valence-electron chi connectivity index (χ3n) is 2.92. The SMILES string of the molecule is CCC(C)N(CCCCC(N)=S)CCOC. The molecule has 0 aliphatic heterocycles. The molecule has 0 saturated heterocycles. The number of ether oxygens (including phenoxy) is 1. The summed E-state index contributed by atoms with van der Waals surface area (Å²) >= 11 is 4.86. The van der Waals surface area contributed by atoms with Crippen LogP contribution in [0.15, 0.2) is 0 Å². The summed E-state index contributed by atoms with van der Waals surface area (Å²) in [6.45, 7) is 7.42. The van der Waals surface area contributed by atoms with Crippen LogP contribution in [0.1, 0.15) is 39.5 Å². The third-order valence-corrected chi connectivity index (χ3v) is 3.12. The molecule has 0 fully saturated rings.